The lowest BCUT2D eigenvalue weighted by Gasteiger charge is -2.36. The van der Waals surface area contributed by atoms with Gasteiger partial charge in [0.05, 0.1) is 29.5 Å². The van der Waals surface area contributed by atoms with E-state index in [-0.39, 0.29) is 18.2 Å². The van der Waals surface area contributed by atoms with Gasteiger partial charge in [-0.25, -0.2) is 9.97 Å². The number of nitrogens with one attached hydrogen (secondary N) is 1. The number of imidazole rings is 1. The number of rotatable bonds is 3. The summed E-state index contributed by atoms with van der Waals surface area (Å²) in [5.41, 5.74) is 2.80. The molecule has 4 heterocycles. The third kappa shape index (κ3) is 2.64. The molecule has 1 saturated heterocycles. The van der Waals surface area contributed by atoms with Crippen molar-refractivity contribution >= 4 is 22.6 Å². The lowest BCUT2D eigenvalue weighted by molar-refractivity contribution is -0.132. The number of nitrogens with zero attached hydrogens (tertiary/aromatic N) is 5. The quantitative estimate of drug-likeness (QED) is 0.795. The first-order valence-electron chi connectivity index (χ1n) is 8.63. The third-order valence-electron chi connectivity index (χ3n) is 5.18. The maximum atomic E-state index is 12.3. The van der Waals surface area contributed by atoms with E-state index in [0.717, 1.165) is 35.5 Å². The average Bonchev–Trinajstić information content (AvgIpc) is 3.25. The molecule has 1 amide bonds. The molecule has 3 aromatic heterocycles. The molecular weight excluding hydrogens is 316 g/mol. The van der Waals surface area contributed by atoms with Gasteiger partial charge in [0, 0.05) is 38.0 Å². The second-order valence-electron chi connectivity index (χ2n) is 6.72. The Balaban J connectivity index is 1.70. The van der Waals surface area contributed by atoms with Gasteiger partial charge in [-0.2, -0.15) is 5.26 Å². The molecule has 0 bridgehead atoms. The number of nitriles is 1. The van der Waals surface area contributed by atoms with Gasteiger partial charge in [0.25, 0.3) is 0 Å². The Bertz CT molecular complexity index is 965. The molecule has 0 aromatic carbocycles. The van der Waals surface area contributed by atoms with Crippen molar-refractivity contribution in [2.24, 2.45) is 5.92 Å². The normalized spacial score (nSPS) is 20.9. The first kappa shape index (κ1) is 15.6. The second kappa shape index (κ2) is 6.20. The molecule has 128 valence electrons. The minimum atomic E-state index is 0.0627. The van der Waals surface area contributed by atoms with Crippen molar-refractivity contribution in [3.8, 4) is 6.07 Å². The number of hydrogen-bond acceptors (Lipinski definition) is 4. The fourth-order valence-corrected chi connectivity index (χ4v) is 3.71. The molecule has 25 heavy (non-hydrogen) atoms. The highest BCUT2D eigenvalue weighted by Gasteiger charge is 2.32. The number of carbonyl (C=O) groups excluding carboxylic acids is 1. The van der Waals surface area contributed by atoms with Gasteiger partial charge >= 0.3 is 0 Å². The van der Waals surface area contributed by atoms with Crippen molar-refractivity contribution in [1.82, 2.24) is 24.3 Å². The summed E-state index contributed by atoms with van der Waals surface area (Å²) in [4.78, 5) is 26.5. The number of H-pyrrole nitrogens is 1. The summed E-state index contributed by atoms with van der Waals surface area (Å²) in [5.74, 6) is 1.65. The fourth-order valence-electron chi connectivity index (χ4n) is 3.71. The maximum absolute atomic E-state index is 12.3. The number of likely N-dealkylation sites (tertiary alicyclic amines) is 1. The van der Waals surface area contributed by atoms with E-state index in [1.807, 2.05) is 29.6 Å². The number of aromatic nitrogens is 4. The summed E-state index contributed by atoms with van der Waals surface area (Å²) >= 11 is 0. The predicted octanol–water partition coefficient (Wildman–Crippen LogP) is 2.47. The Labute approximate surface area is 145 Å². The molecule has 3 aromatic rings. The lowest BCUT2D eigenvalue weighted by Crippen LogP contribution is -2.42. The van der Waals surface area contributed by atoms with Crippen molar-refractivity contribution < 1.29 is 4.79 Å². The molecule has 0 radical (unpaired) electrons. The predicted molar refractivity (Wildman–Crippen MR) is 92.8 cm³/mol. The van der Waals surface area contributed by atoms with Crippen LogP contribution in [-0.4, -0.2) is 43.2 Å². The molecule has 0 spiro atoms. The van der Waals surface area contributed by atoms with Crippen LogP contribution in [0.1, 0.15) is 37.9 Å². The van der Waals surface area contributed by atoms with E-state index in [1.165, 1.54) is 0 Å². The Morgan fingerprint density at radius 2 is 2.28 bits per heavy atom. The maximum Gasteiger partial charge on any atom is 0.223 e. The van der Waals surface area contributed by atoms with E-state index < -0.39 is 0 Å². The van der Waals surface area contributed by atoms with Crippen LogP contribution in [0.15, 0.2) is 24.7 Å². The van der Waals surface area contributed by atoms with Crippen LogP contribution in [0.5, 0.6) is 0 Å². The molecule has 1 fully saturated rings. The summed E-state index contributed by atoms with van der Waals surface area (Å²) < 4.78 is 2.14. The van der Waals surface area contributed by atoms with E-state index >= 15 is 0 Å². The van der Waals surface area contributed by atoms with Gasteiger partial charge in [0.1, 0.15) is 5.82 Å². The summed E-state index contributed by atoms with van der Waals surface area (Å²) in [7, 11) is 0. The van der Waals surface area contributed by atoms with Gasteiger partial charge in [-0.3, -0.25) is 9.20 Å². The lowest BCUT2D eigenvalue weighted by atomic mass is 9.86. The summed E-state index contributed by atoms with van der Waals surface area (Å²) in [6, 6.07) is 4.06. The van der Waals surface area contributed by atoms with Gasteiger partial charge in [-0.05, 0) is 18.4 Å². The smallest absolute Gasteiger partial charge is 0.223 e. The topological polar surface area (TPSA) is 90.1 Å². The number of hydrogen-bond donors (Lipinski definition) is 1. The van der Waals surface area contributed by atoms with Gasteiger partial charge < -0.3 is 9.88 Å². The minimum absolute atomic E-state index is 0.0627. The van der Waals surface area contributed by atoms with Crippen LogP contribution >= 0.6 is 0 Å². The van der Waals surface area contributed by atoms with Crippen molar-refractivity contribution in [3.63, 3.8) is 0 Å². The van der Waals surface area contributed by atoms with Crippen molar-refractivity contribution in [2.75, 3.05) is 13.1 Å². The number of aromatic amines is 1. The van der Waals surface area contributed by atoms with Gasteiger partial charge in [-0.1, -0.05) is 6.92 Å². The molecule has 0 aliphatic carbocycles. The molecule has 1 aliphatic heterocycles. The van der Waals surface area contributed by atoms with Crippen molar-refractivity contribution in [2.45, 2.75) is 32.1 Å². The first-order chi connectivity index (χ1) is 12.2. The Morgan fingerprint density at radius 3 is 3.12 bits per heavy atom. The van der Waals surface area contributed by atoms with E-state index in [9.17, 15) is 4.79 Å². The van der Waals surface area contributed by atoms with Gasteiger partial charge in [0.2, 0.25) is 5.91 Å². The zero-order chi connectivity index (χ0) is 17.4. The van der Waals surface area contributed by atoms with Gasteiger partial charge in [0.15, 0.2) is 5.65 Å². The monoisotopic (exact) mass is 336 g/mol. The van der Waals surface area contributed by atoms with Crippen LogP contribution < -0.4 is 0 Å². The highest BCUT2D eigenvalue weighted by atomic mass is 16.2. The van der Waals surface area contributed by atoms with E-state index in [1.54, 1.807) is 0 Å². The molecule has 0 saturated carbocycles. The van der Waals surface area contributed by atoms with Crippen LogP contribution in [0.4, 0.5) is 0 Å². The van der Waals surface area contributed by atoms with Crippen molar-refractivity contribution in [1.29, 1.82) is 5.26 Å². The number of piperidine rings is 1. The van der Waals surface area contributed by atoms with Gasteiger partial charge in [-0.15, -0.1) is 0 Å². The average molecular weight is 336 g/mol. The standard InChI is InChI=1S/C18H20N6O/c1-12-5-8-23(16(25)3-2-6-19)11-14(12)18-22-10-13-9-21-17-15(24(13)18)4-7-20-17/h4,7,9-10,12,14,20H,2-3,5,8,11H2,1H3/t12-,14+/m1/s1. The number of amides is 1. The third-order valence-corrected chi connectivity index (χ3v) is 5.18. The Morgan fingerprint density at radius 1 is 1.44 bits per heavy atom. The van der Waals surface area contributed by atoms with E-state index in [2.05, 4.69) is 32.3 Å². The minimum Gasteiger partial charge on any atom is -0.345 e. The van der Waals surface area contributed by atoms with Crippen LogP contribution in [0, 0.1) is 17.2 Å². The zero-order valence-electron chi connectivity index (χ0n) is 14.1. The van der Waals surface area contributed by atoms with E-state index in [0.29, 0.717) is 18.9 Å². The van der Waals surface area contributed by atoms with E-state index in [4.69, 9.17) is 5.26 Å². The Hall–Kier alpha value is -2.88. The molecule has 7 nitrogen and oxygen atoms in total. The molecule has 1 aliphatic rings. The first-order valence-corrected chi connectivity index (χ1v) is 8.63. The number of fused-ring (bicyclic) bond motifs is 3. The second-order valence-corrected chi connectivity index (χ2v) is 6.72. The van der Waals surface area contributed by atoms with Crippen molar-refractivity contribution in [3.05, 3.63) is 30.5 Å². The molecular formula is C18H20N6O. The highest BCUT2D eigenvalue weighted by molar-refractivity contribution is 5.77. The molecule has 0 unspecified atom stereocenters. The summed E-state index contributed by atoms with van der Waals surface area (Å²) in [5, 5.41) is 8.71. The Kier molecular flexibility index (Phi) is 3.88. The SMILES string of the molecule is C[C@@H]1CCN(C(=O)CCC#N)C[C@@H]1c1ncc2cnc3[nH]ccc3n12. The summed E-state index contributed by atoms with van der Waals surface area (Å²) in [6.45, 7) is 3.63. The zero-order valence-corrected chi connectivity index (χ0v) is 14.1. The number of carbonyl (C=O) groups is 1. The van der Waals surface area contributed by atoms with Crippen LogP contribution in [0.2, 0.25) is 0 Å². The molecule has 7 heteroatoms. The largest absolute Gasteiger partial charge is 0.345 e. The van der Waals surface area contributed by atoms with Crippen LogP contribution in [-0.2, 0) is 4.79 Å². The molecule has 1 N–H and O–H groups in total. The van der Waals surface area contributed by atoms with Crippen LogP contribution in [0.25, 0.3) is 16.7 Å². The molecule has 2 atom stereocenters. The summed E-state index contributed by atoms with van der Waals surface area (Å²) in [6.07, 6.45) is 7.06. The fraction of sp³-hybridized carbons (Fsp3) is 0.444. The van der Waals surface area contributed by atoms with Crippen LogP contribution in [0.3, 0.4) is 0 Å². The highest BCUT2D eigenvalue weighted by Crippen LogP contribution is 2.33. The molecule has 4 rings (SSSR count).